The van der Waals surface area contributed by atoms with Crippen LogP contribution in [0.4, 0.5) is 4.39 Å². The van der Waals surface area contributed by atoms with Crippen molar-refractivity contribution in [3.05, 3.63) is 26.7 Å². The van der Waals surface area contributed by atoms with Gasteiger partial charge in [0.2, 0.25) is 11.7 Å². The highest BCUT2D eigenvalue weighted by atomic mass is 19.1. The quantitative estimate of drug-likeness (QED) is 0.706. The average molecular weight is 243 g/mol. The van der Waals surface area contributed by atoms with Crippen LogP contribution >= 0.6 is 0 Å². The number of nitrogens with one attached hydrogen (secondary N) is 1. The molecule has 1 aromatic heterocycles. The maximum Gasteiger partial charge on any atom is 0.331 e. The molecule has 0 amide bonds. The van der Waals surface area contributed by atoms with Gasteiger partial charge in [0.15, 0.2) is 0 Å². The summed E-state index contributed by atoms with van der Waals surface area (Å²) in [5, 5.41) is 9.53. The van der Waals surface area contributed by atoms with Gasteiger partial charge in [0, 0.05) is 6.04 Å². The molecule has 1 aromatic rings. The molecule has 17 heavy (non-hydrogen) atoms. The molecule has 0 saturated carbocycles. The van der Waals surface area contributed by atoms with E-state index >= 15 is 0 Å². The molecule has 2 heterocycles. The molecular weight excluding hydrogens is 229 g/mol. The van der Waals surface area contributed by atoms with Gasteiger partial charge in [-0.15, -0.1) is 0 Å². The highest BCUT2D eigenvalue weighted by Gasteiger charge is 2.24. The van der Waals surface area contributed by atoms with Crippen LogP contribution in [0.25, 0.3) is 0 Å². The van der Waals surface area contributed by atoms with Crippen molar-refractivity contribution >= 4 is 0 Å². The molecule has 94 valence electrons. The molecule has 0 bridgehead atoms. The van der Waals surface area contributed by atoms with Crippen molar-refractivity contribution in [1.82, 2.24) is 14.5 Å². The van der Waals surface area contributed by atoms with E-state index < -0.39 is 22.9 Å². The van der Waals surface area contributed by atoms with Crippen LogP contribution in [-0.2, 0) is 0 Å². The van der Waals surface area contributed by atoms with Gasteiger partial charge in [-0.1, -0.05) is 0 Å². The lowest BCUT2D eigenvalue weighted by molar-refractivity contribution is 0.203. The Kier molecular flexibility index (Phi) is 3.01. The maximum atomic E-state index is 13.2. The molecule has 0 atom stereocenters. The van der Waals surface area contributed by atoms with Crippen LogP contribution < -0.4 is 11.2 Å². The van der Waals surface area contributed by atoms with Gasteiger partial charge in [-0.2, -0.15) is 4.39 Å². The molecule has 0 aliphatic carbocycles. The third-order valence-corrected chi connectivity index (χ3v) is 3.12. The number of hydrogen-bond acceptors (Lipinski definition) is 4. The lowest BCUT2D eigenvalue weighted by atomic mass is 10.1. The molecule has 1 fully saturated rings. The zero-order chi connectivity index (χ0) is 12.6. The molecule has 0 spiro atoms. The van der Waals surface area contributed by atoms with Gasteiger partial charge in [0.05, 0.1) is 0 Å². The molecule has 1 aliphatic heterocycles. The second-order valence-electron chi connectivity index (χ2n) is 4.30. The molecule has 1 aliphatic rings. The second kappa shape index (κ2) is 4.33. The first-order valence-electron chi connectivity index (χ1n) is 5.42. The largest absolute Gasteiger partial charge is 0.492 e. The number of aromatic amines is 1. The Hall–Kier alpha value is -1.63. The van der Waals surface area contributed by atoms with Crippen LogP contribution in [0.1, 0.15) is 18.9 Å². The summed E-state index contributed by atoms with van der Waals surface area (Å²) in [5.74, 6) is -2.17. The number of nitrogens with zero attached hydrogens (tertiary/aromatic N) is 2. The van der Waals surface area contributed by atoms with Gasteiger partial charge < -0.3 is 10.0 Å². The van der Waals surface area contributed by atoms with Crippen LogP contribution in [0.5, 0.6) is 5.88 Å². The smallest absolute Gasteiger partial charge is 0.331 e. The Morgan fingerprint density at radius 2 is 1.94 bits per heavy atom. The van der Waals surface area contributed by atoms with E-state index in [1.807, 2.05) is 12.0 Å². The summed E-state index contributed by atoms with van der Waals surface area (Å²) in [6.07, 6.45) is 1.27. The van der Waals surface area contributed by atoms with Gasteiger partial charge in [0.25, 0.3) is 5.56 Å². The van der Waals surface area contributed by atoms with Crippen LogP contribution in [0.15, 0.2) is 9.59 Å². The topological polar surface area (TPSA) is 78.3 Å². The zero-order valence-corrected chi connectivity index (χ0v) is 9.44. The van der Waals surface area contributed by atoms with E-state index in [1.165, 1.54) is 0 Å². The van der Waals surface area contributed by atoms with Crippen LogP contribution in [0, 0.1) is 5.82 Å². The number of likely N-dealkylation sites (tertiary alicyclic amines) is 1. The Morgan fingerprint density at radius 3 is 2.53 bits per heavy atom. The van der Waals surface area contributed by atoms with Crippen molar-refractivity contribution in [2.24, 2.45) is 0 Å². The highest BCUT2D eigenvalue weighted by molar-refractivity contribution is 5.11. The monoisotopic (exact) mass is 243 g/mol. The molecular formula is C10H14FN3O3. The van der Waals surface area contributed by atoms with E-state index in [1.54, 1.807) is 0 Å². The van der Waals surface area contributed by atoms with E-state index in [9.17, 15) is 19.1 Å². The minimum absolute atomic E-state index is 0.273. The van der Waals surface area contributed by atoms with Crippen molar-refractivity contribution < 1.29 is 9.50 Å². The SMILES string of the molecule is CN1CCC(n2c(O)c(F)c(=O)[nH]c2=O)CC1. The third-order valence-electron chi connectivity index (χ3n) is 3.12. The van der Waals surface area contributed by atoms with Crippen molar-refractivity contribution in [2.75, 3.05) is 20.1 Å². The van der Waals surface area contributed by atoms with Crippen LogP contribution in [-0.4, -0.2) is 39.7 Å². The Balaban J connectivity index is 2.42. The van der Waals surface area contributed by atoms with Gasteiger partial charge in [-0.3, -0.25) is 14.3 Å². The van der Waals surface area contributed by atoms with Crippen LogP contribution in [0.2, 0.25) is 0 Å². The molecule has 1 saturated heterocycles. The lowest BCUT2D eigenvalue weighted by Crippen LogP contribution is -2.39. The van der Waals surface area contributed by atoms with Gasteiger partial charge >= 0.3 is 5.69 Å². The number of aromatic hydroxyl groups is 1. The zero-order valence-electron chi connectivity index (χ0n) is 9.44. The molecule has 0 radical (unpaired) electrons. The van der Waals surface area contributed by atoms with Gasteiger partial charge in [0.1, 0.15) is 0 Å². The molecule has 7 heteroatoms. The number of hydrogen-bond donors (Lipinski definition) is 2. The van der Waals surface area contributed by atoms with Gasteiger partial charge in [-0.05, 0) is 33.0 Å². The van der Waals surface area contributed by atoms with Crippen molar-refractivity contribution in [1.29, 1.82) is 0 Å². The number of halogens is 1. The van der Waals surface area contributed by atoms with E-state index in [4.69, 9.17) is 0 Å². The van der Waals surface area contributed by atoms with E-state index in [-0.39, 0.29) is 6.04 Å². The number of aromatic nitrogens is 2. The fourth-order valence-electron chi connectivity index (χ4n) is 2.11. The summed E-state index contributed by atoms with van der Waals surface area (Å²) in [6.45, 7) is 1.52. The average Bonchev–Trinajstić information content (AvgIpc) is 2.29. The first-order chi connectivity index (χ1) is 8.00. The Morgan fingerprint density at radius 1 is 1.35 bits per heavy atom. The predicted octanol–water partition coefficient (Wildman–Crippen LogP) is -0.352. The molecule has 2 N–H and O–H groups in total. The molecule has 6 nitrogen and oxygen atoms in total. The standard InChI is InChI=1S/C10H14FN3O3/c1-13-4-2-6(3-5-13)14-9(16)7(11)8(15)12-10(14)17/h6,16H,2-5H2,1H3,(H,12,15,17). The highest BCUT2D eigenvalue weighted by Crippen LogP contribution is 2.24. The van der Waals surface area contributed by atoms with E-state index in [0.29, 0.717) is 12.8 Å². The number of rotatable bonds is 1. The minimum atomic E-state index is -1.30. The van der Waals surface area contributed by atoms with Crippen molar-refractivity contribution in [3.63, 3.8) is 0 Å². The normalized spacial score (nSPS) is 18.5. The minimum Gasteiger partial charge on any atom is -0.492 e. The molecule has 0 unspecified atom stereocenters. The Labute approximate surface area is 96.3 Å². The predicted molar refractivity (Wildman–Crippen MR) is 58.7 cm³/mol. The second-order valence-corrected chi connectivity index (χ2v) is 4.30. The van der Waals surface area contributed by atoms with E-state index in [0.717, 1.165) is 17.7 Å². The molecule has 0 aromatic carbocycles. The summed E-state index contributed by atoms with van der Waals surface area (Å²) in [6, 6.07) is -0.273. The van der Waals surface area contributed by atoms with Crippen molar-refractivity contribution in [3.8, 4) is 5.88 Å². The molecule has 2 rings (SSSR count). The fourth-order valence-corrected chi connectivity index (χ4v) is 2.11. The summed E-state index contributed by atoms with van der Waals surface area (Å²) >= 11 is 0. The summed E-state index contributed by atoms with van der Waals surface area (Å²) in [4.78, 5) is 26.4. The van der Waals surface area contributed by atoms with E-state index in [2.05, 4.69) is 4.90 Å². The van der Waals surface area contributed by atoms with Crippen molar-refractivity contribution in [2.45, 2.75) is 18.9 Å². The summed E-state index contributed by atoms with van der Waals surface area (Å²) in [5.41, 5.74) is -1.94. The van der Waals surface area contributed by atoms with Crippen LogP contribution in [0.3, 0.4) is 0 Å². The number of piperidine rings is 1. The first kappa shape index (κ1) is 11.8. The fraction of sp³-hybridized carbons (Fsp3) is 0.600. The number of H-pyrrole nitrogens is 1. The maximum absolute atomic E-state index is 13.2. The lowest BCUT2D eigenvalue weighted by Gasteiger charge is -2.30. The first-order valence-corrected chi connectivity index (χ1v) is 5.42. The Bertz CT molecular complexity index is 529. The third kappa shape index (κ3) is 2.10. The summed E-state index contributed by atoms with van der Waals surface area (Å²) in [7, 11) is 1.95. The van der Waals surface area contributed by atoms with Gasteiger partial charge in [-0.25, -0.2) is 4.79 Å². The summed E-state index contributed by atoms with van der Waals surface area (Å²) < 4.78 is 14.2.